The fourth-order valence-electron chi connectivity index (χ4n) is 5.37. The summed E-state index contributed by atoms with van der Waals surface area (Å²) in [5, 5.41) is 11.7. The Kier molecular flexibility index (Phi) is 12.3. The lowest BCUT2D eigenvalue weighted by Crippen LogP contribution is -2.14. The predicted molar refractivity (Wildman–Crippen MR) is 183 cm³/mol. The van der Waals surface area contributed by atoms with Gasteiger partial charge in [0.2, 0.25) is 0 Å². The van der Waals surface area contributed by atoms with Crippen LogP contribution in [0.25, 0.3) is 33.0 Å². The van der Waals surface area contributed by atoms with Crippen molar-refractivity contribution < 1.29 is 24.2 Å². The van der Waals surface area contributed by atoms with E-state index >= 15 is 0 Å². The molecule has 0 aliphatic heterocycles. The first-order valence-electron chi connectivity index (χ1n) is 15.8. The highest BCUT2D eigenvalue weighted by atomic mass is 16.5. The molecule has 1 atom stereocenters. The summed E-state index contributed by atoms with van der Waals surface area (Å²) in [6, 6.07) is 30.4. The van der Waals surface area contributed by atoms with Crippen LogP contribution < -0.4 is 0 Å². The lowest BCUT2D eigenvalue weighted by atomic mass is 9.91. The Labute approximate surface area is 267 Å². The van der Waals surface area contributed by atoms with Crippen LogP contribution in [0.5, 0.6) is 0 Å². The molecule has 0 bridgehead atoms. The Bertz CT molecular complexity index is 1620. The van der Waals surface area contributed by atoms with Crippen molar-refractivity contribution in [2.75, 3.05) is 19.8 Å². The van der Waals surface area contributed by atoms with E-state index < -0.39 is 18.5 Å². The molecule has 4 rings (SSSR count). The van der Waals surface area contributed by atoms with Crippen LogP contribution in [0.2, 0.25) is 0 Å². The summed E-state index contributed by atoms with van der Waals surface area (Å²) in [7, 11) is 0. The molecular weight excluding hydrogens is 560 g/mol. The largest absolute Gasteiger partial charge is 0.462 e. The van der Waals surface area contributed by atoms with Crippen LogP contribution in [0.3, 0.4) is 0 Å². The van der Waals surface area contributed by atoms with Crippen molar-refractivity contribution in [3.05, 3.63) is 120 Å². The molecule has 0 aliphatic rings. The second-order valence-electron chi connectivity index (χ2n) is 11.6. The topological polar surface area (TPSA) is 72.8 Å². The molecule has 0 saturated heterocycles. The van der Waals surface area contributed by atoms with E-state index in [1.807, 2.05) is 0 Å². The molecule has 5 heteroatoms. The first-order chi connectivity index (χ1) is 21.8. The van der Waals surface area contributed by atoms with Gasteiger partial charge in [-0.3, -0.25) is 0 Å². The van der Waals surface area contributed by atoms with Crippen LogP contribution in [-0.2, 0) is 25.5 Å². The van der Waals surface area contributed by atoms with Gasteiger partial charge in [0, 0.05) is 5.57 Å². The van der Waals surface area contributed by atoms with Gasteiger partial charge in [-0.2, -0.15) is 0 Å². The number of ether oxygens (including phenoxy) is 2. The number of fused-ring (bicyclic) bond motifs is 1. The van der Waals surface area contributed by atoms with Gasteiger partial charge in [0.05, 0.1) is 25.4 Å². The van der Waals surface area contributed by atoms with E-state index in [0.29, 0.717) is 18.4 Å². The average molecular weight is 605 g/mol. The minimum atomic E-state index is -0.612. The number of unbranched alkanes of at least 4 members (excludes halogenated alkanes) is 2. The minimum Gasteiger partial charge on any atom is -0.462 e. The number of carbonyl (C=O) groups is 2. The fourth-order valence-corrected chi connectivity index (χ4v) is 5.37. The molecule has 1 unspecified atom stereocenters. The lowest BCUT2D eigenvalue weighted by molar-refractivity contribution is -0.139. The Hall–Kier alpha value is -4.48. The number of aliphatic hydroxyl groups excluding tert-OH is 1. The zero-order valence-corrected chi connectivity index (χ0v) is 26.5. The summed E-state index contributed by atoms with van der Waals surface area (Å²) in [6.07, 6.45) is 5.99. The maximum atomic E-state index is 11.9. The van der Waals surface area contributed by atoms with Crippen LogP contribution >= 0.6 is 0 Å². The third-order valence-electron chi connectivity index (χ3n) is 8.13. The van der Waals surface area contributed by atoms with Gasteiger partial charge in [-0.15, -0.1) is 0 Å². The molecule has 0 aliphatic carbocycles. The molecular formula is C40H44O5. The molecule has 4 aromatic carbocycles. The summed E-state index contributed by atoms with van der Waals surface area (Å²) in [6.45, 7) is 10.9. The third kappa shape index (κ3) is 9.50. The van der Waals surface area contributed by atoms with Crippen LogP contribution in [-0.4, -0.2) is 36.9 Å². The molecule has 5 nitrogen and oxygen atoms in total. The molecule has 0 fully saturated rings. The second-order valence-corrected chi connectivity index (χ2v) is 11.6. The summed E-state index contributed by atoms with van der Waals surface area (Å²) >= 11 is 0. The molecule has 0 heterocycles. The smallest absolute Gasteiger partial charge is 0.335 e. The van der Waals surface area contributed by atoms with E-state index in [1.54, 1.807) is 6.92 Å². The van der Waals surface area contributed by atoms with Gasteiger partial charge >= 0.3 is 11.9 Å². The number of hydrogen-bond donors (Lipinski definition) is 1. The Morgan fingerprint density at radius 2 is 1.24 bits per heavy atom. The first kappa shape index (κ1) is 33.4. The van der Waals surface area contributed by atoms with Gasteiger partial charge in [-0.05, 0) is 88.7 Å². The SMILES string of the molecule is C=C(C)C(=O)OCCC(CCOC(=O)C(=C)CO)c1ccc(-c2ccc(-c3ccc4cc(CCCCC)ccc4c3)cc2)cc1. The van der Waals surface area contributed by atoms with Gasteiger partial charge in [0.1, 0.15) is 0 Å². The van der Waals surface area contributed by atoms with Crippen molar-refractivity contribution >= 4 is 22.7 Å². The summed E-state index contributed by atoms with van der Waals surface area (Å²) in [4.78, 5) is 23.8. The van der Waals surface area contributed by atoms with E-state index in [9.17, 15) is 9.59 Å². The normalized spacial score (nSPS) is 11.6. The first-order valence-corrected chi connectivity index (χ1v) is 15.8. The number of rotatable bonds is 16. The van der Waals surface area contributed by atoms with Crippen molar-refractivity contribution in [1.82, 2.24) is 0 Å². The fraction of sp³-hybridized carbons (Fsp3) is 0.300. The van der Waals surface area contributed by atoms with Crippen LogP contribution in [0, 0.1) is 0 Å². The zero-order chi connectivity index (χ0) is 32.2. The van der Waals surface area contributed by atoms with E-state index in [1.165, 1.54) is 46.7 Å². The number of benzene rings is 4. The van der Waals surface area contributed by atoms with Gasteiger partial charge in [-0.25, -0.2) is 9.59 Å². The second kappa shape index (κ2) is 16.6. The number of aryl methyl sites for hydroxylation is 1. The third-order valence-corrected chi connectivity index (χ3v) is 8.13. The molecule has 0 spiro atoms. The predicted octanol–water partition coefficient (Wildman–Crippen LogP) is 8.98. The highest BCUT2D eigenvalue weighted by Crippen LogP contribution is 2.30. The van der Waals surface area contributed by atoms with Crippen molar-refractivity contribution in [1.29, 1.82) is 0 Å². The molecule has 0 aromatic heterocycles. The Balaban J connectivity index is 1.43. The van der Waals surface area contributed by atoms with Crippen molar-refractivity contribution in [3.63, 3.8) is 0 Å². The Morgan fingerprint density at radius 1 is 0.711 bits per heavy atom. The van der Waals surface area contributed by atoms with E-state index in [2.05, 4.69) is 105 Å². The zero-order valence-electron chi connectivity index (χ0n) is 26.5. The number of carbonyl (C=O) groups excluding carboxylic acids is 2. The molecule has 4 aromatic rings. The van der Waals surface area contributed by atoms with Crippen LogP contribution in [0.4, 0.5) is 0 Å². The summed E-state index contributed by atoms with van der Waals surface area (Å²) in [5.41, 5.74) is 7.42. The van der Waals surface area contributed by atoms with E-state index in [0.717, 1.165) is 23.1 Å². The number of hydrogen-bond acceptors (Lipinski definition) is 5. The maximum absolute atomic E-state index is 11.9. The molecule has 0 radical (unpaired) electrons. The van der Waals surface area contributed by atoms with Crippen molar-refractivity contribution in [3.8, 4) is 22.3 Å². The monoisotopic (exact) mass is 604 g/mol. The van der Waals surface area contributed by atoms with Crippen LogP contribution in [0.15, 0.2) is 109 Å². The van der Waals surface area contributed by atoms with Gasteiger partial charge in [-0.1, -0.05) is 112 Å². The van der Waals surface area contributed by atoms with Crippen molar-refractivity contribution in [2.24, 2.45) is 0 Å². The van der Waals surface area contributed by atoms with Gasteiger partial charge in [0.15, 0.2) is 0 Å². The molecule has 0 amide bonds. The summed E-state index contributed by atoms with van der Waals surface area (Å²) in [5.74, 6) is -1.04. The number of aliphatic hydroxyl groups is 1. The Morgan fingerprint density at radius 3 is 1.84 bits per heavy atom. The van der Waals surface area contributed by atoms with Gasteiger partial charge < -0.3 is 14.6 Å². The lowest BCUT2D eigenvalue weighted by Gasteiger charge is -2.18. The van der Waals surface area contributed by atoms with Crippen molar-refractivity contribution in [2.45, 2.75) is 58.3 Å². The molecule has 45 heavy (non-hydrogen) atoms. The number of esters is 2. The van der Waals surface area contributed by atoms with Crippen LogP contribution in [0.1, 0.15) is 63.0 Å². The summed E-state index contributed by atoms with van der Waals surface area (Å²) < 4.78 is 10.6. The molecule has 234 valence electrons. The highest BCUT2D eigenvalue weighted by molar-refractivity contribution is 5.89. The van der Waals surface area contributed by atoms with E-state index in [4.69, 9.17) is 14.6 Å². The maximum Gasteiger partial charge on any atom is 0.335 e. The quantitative estimate of drug-likeness (QED) is 0.0785. The average Bonchev–Trinajstić information content (AvgIpc) is 3.07. The highest BCUT2D eigenvalue weighted by Gasteiger charge is 2.16. The molecule has 1 N–H and O–H groups in total. The standard InChI is InChI=1S/C40H44O5/c1-5-6-7-8-30-9-10-38-26-37(20-19-36(38)25-30)34-17-15-32(16-18-34)31-11-13-33(14-12-31)35(21-23-44-39(42)28(2)3)22-24-45-40(43)29(4)27-41/h9-20,25-26,35,41H,2,4-8,21-24,27H2,1,3H3. The minimum absolute atomic E-state index is 0.00476. The molecule has 0 saturated carbocycles. The van der Waals surface area contributed by atoms with E-state index in [-0.39, 0.29) is 24.7 Å². The van der Waals surface area contributed by atoms with Gasteiger partial charge in [0.25, 0.3) is 0 Å².